The molecule has 19 heavy (non-hydrogen) atoms. The fourth-order valence-electron chi connectivity index (χ4n) is 1.97. The van der Waals surface area contributed by atoms with E-state index in [1.807, 2.05) is 36.7 Å². The lowest BCUT2D eigenvalue weighted by atomic mass is 10.3. The Labute approximate surface area is 111 Å². The van der Waals surface area contributed by atoms with Crippen molar-refractivity contribution in [1.29, 1.82) is 0 Å². The third-order valence-corrected chi connectivity index (χ3v) is 3.04. The normalized spacial score (nSPS) is 12.7. The zero-order valence-corrected chi connectivity index (χ0v) is 10.7. The van der Waals surface area contributed by atoms with Crippen LogP contribution in [0.2, 0.25) is 0 Å². The van der Waals surface area contributed by atoms with Gasteiger partial charge in [0.1, 0.15) is 12.2 Å². The Balaban J connectivity index is 1.71. The van der Waals surface area contributed by atoms with Crippen LogP contribution in [0.4, 0.5) is 0 Å². The summed E-state index contributed by atoms with van der Waals surface area (Å²) in [4.78, 5) is 15.9. The molecule has 0 radical (unpaired) electrons. The molecule has 5 nitrogen and oxygen atoms in total. The first-order chi connectivity index (χ1) is 9.33. The number of benzene rings is 1. The van der Waals surface area contributed by atoms with Gasteiger partial charge >= 0.3 is 0 Å². The number of para-hydroxylation sites is 2. The van der Waals surface area contributed by atoms with E-state index in [1.165, 1.54) is 6.33 Å². The summed E-state index contributed by atoms with van der Waals surface area (Å²) in [6.07, 6.45) is 5.16. The van der Waals surface area contributed by atoms with E-state index in [2.05, 4.69) is 32.2 Å². The first kappa shape index (κ1) is 11.8. The van der Waals surface area contributed by atoms with E-state index in [0.717, 1.165) is 29.0 Å². The molecule has 0 aliphatic rings. The van der Waals surface area contributed by atoms with Gasteiger partial charge in [-0.1, -0.05) is 12.1 Å². The molecule has 0 fully saturated rings. The number of aromatic amines is 1. The third kappa shape index (κ3) is 2.61. The summed E-state index contributed by atoms with van der Waals surface area (Å²) >= 11 is 0. The van der Waals surface area contributed by atoms with E-state index in [0.29, 0.717) is 0 Å². The molecule has 0 aliphatic carbocycles. The number of H-pyrrole nitrogens is 1. The van der Waals surface area contributed by atoms with E-state index in [-0.39, 0.29) is 6.04 Å². The molecular formula is C14H15N5. The van der Waals surface area contributed by atoms with Gasteiger partial charge < -0.3 is 10.3 Å². The van der Waals surface area contributed by atoms with Gasteiger partial charge in [-0.2, -0.15) is 0 Å². The molecule has 1 unspecified atom stereocenters. The van der Waals surface area contributed by atoms with Crippen molar-refractivity contribution >= 4 is 11.0 Å². The first-order valence-corrected chi connectivity index (χ1v) is 6.25. The van der Waals surface area contributed by atoms with Gasteiger partial charge in [0.2, 0.25) is 0 Å². The standard InChI is InChI=1S/C14H15N5/c1-10(17-8-11-6-15-9-16-7-11)14-18-12-4-2-3-5-13(12)19-14/h2-7,9-10,17H,8H2,1H3,(H,18,19). The molecule has 3 rings (SSSR count). The van der Waals surface area contributed by atoms with Crippen LogP contribution in [0.3, 0.4) is 0 Å². The van der Waals surface area contributed by atoms with Crippen molar-refractivity contribution in [2.75, 3.05) is 0 Å². The van der Waals surface area contributed by atoms with Crippen molar-refractivity contribution in [3.05, 3.63) is 54.4 Å². The summed E-state index contributed by atoms with van der Waals surface area (Å²) in [7, 11) is 0. The van der Waals surface area contributed by atoms with Crippen LogP contribution in [0, 0.1) is 0 Å². The van der Waals surface area contributed by atoms with Gasteiger partial charge in [-0.3, -0.25) is 0 Å². The monoisotopic (exact) mass is 253 g/mol. The zero-order chi connectivity index (χ0) is 13.1. The van der Waals surface area contributed by atoms with Crippen LogP contribution in [0.5, 0.6) is 0 Å². The number of aromatic nitrogens is 4. The van der Waals surface area contributed by atoms with Gasteiger partial charge in [0, 0.05) is 24.5 Å². The van der Waals surface area contributed by atoms with Gasteiger partial charge in [-0.25, -0.2) is 15.0 Å². The predicted octanol–water partition coefficient (Wildman–Crippen LogP) is 2.20. The lowest BCUT2D eigenvalue weighted by Gasteiger charge is -2.10. The Kier molecular flexibility index (Phi) is 3.20. The minimum Gasteiger partial charge on any atom is -0.341 e. The third-order valence-electron chi connectivity index (χ3n) is 3.04. The minimum atomic E-state index is 0.146. The van der Waals surface area contributed by atoms with Crippen molar-refractivity contribution in [2.45, 2.75) is 19.5 Å². The van der Waals surface area contributed by atoms with Crippen LogP contribution in [0.15, 0.2) is 43.0 Å². The van der Waals surface area contributed by atoms with Crippen LogP contribution in [0.25, 0.3) is 11.0 Å². The molecule has 0 bridgehead atoms. The van der Waals surface area contributed by atoms with Gasteiger partial charge in [0.15, 0.2) is 0 Å². The zero-order valence-electron chi connectivity index (χ0n) is 10.7. The number of hydrogen-bond donors (Lipinski definition) is 2. The Morgan fingerprint density at radius 3 is 2.79 bits per heavy atom. The van der Waals surface area contributed by atoms with Crippen LogP contribution < -0.4 is 5.32 Å². The molecule has 2 heterocycles. The largest absolute Gasteiger partial charge is 0.341 e. The quantitative estimate of drug-likeness (QED) is 0.748. The summed E-state index contributed by atoms with van der Waals surface area (Å²) in [6, 6.07) is 8.18. The fourth-order valence-corrected chi connectivity index (χ4v) is 1.97. The maximum absolute atomic E-state index is 4.58. The van der Waals surface area contributed by atoms with E-state index in [4.69, 9.17) is 0 Å². The molecule has 96 valence electrons. The van der Waals surface area contributed by atoms with E-state index < -0.39 is 0 Å². The molecule has 1 atom stereocenters. The lowest BCUT2D eigenvalue weighted by Crippen LogP contribution is -2.19. The molecular weight excluding hydrogens is 238 g/mol. The number of nitrogens with one attached hydrogen (secondary N) is 2. The summed E-state index contributed by atoms with van der Waals surface area (Å²) in [5, 5.41) is 3.40. The summed E-state index contributed by atoms with van der Waals surface area (Å²) in [5.41, 5.74) is 3.12. The lowest BCUT2D eigenvalue weighted by molar-refractivity contribution is 0.550. The molecule has 0 amide bonds. The molecule has 0 saturated heterocycles. The number of rotatable bonds is 4. The number of fused-ring (bicyclic) bond motifs is 1. The Morgan fingerprint density at radius 1 is 1.21 bits per heavy atom. The molecule has 5 heteroatoms. The highest BCUT2D eigenvalue weighted by Crippen LogP contribution is 2.15. The smallest absolute Gasteiger partial charge is 0.124 e. The highest BCUT2D eigenvalue weighted by atomic mass is 15.0. The number of nitrogens with zero attached hydrogens (tertiary/aromatic N) is 3. The summed E-state index contributed by atoms with van der Waals surface area (Å²) in [5.74, 6) is 0.943. The maximum Gasteiger partial charge on any atom is 0.124 e. The van der Waals surface area contributed by atoms with Crippen molar-refractivity contribution < 1.29 is 0 Å². The van der Waals surface area contributed by atoms with Crippen LogP contribution in [-0.2, 0) is 6.54 Å². The maximum atomic E-state index is 4.58. The average molecular weight is 253 g/mol. The van der Waals surface area contributed by atoms with Crippen LogP contribution >= 0.6 is 0 Å². The van der Waals surface area contributed by atoms with Crippen molar-refractivity contribution in [3.63, 3.8) is 0 Å². The number of hydrogen-bond acceptors (Lipinski definition) is 4. The molecule has 0 saturated carbocycles. The van der Waals surface area contributed by atoms with Gasteiger partial charge in [-0.15, -0.1) is 0 Å². The molecule has 2 N–H and O–H groups in total. The summed E-state index contributed by atoms with van der Waals surface area (Å²) in [6.45, 7) is 2.81. The van der Waals surface area contributed by atoms with Crippen molar-refractivity contribution in [2.24, 2.45) is 0 Å². The van der Waals surface area contributed by atoms with E-state index in [9.17, 15) is 0 Å². The molecule has 3 aromatic rings. The first-order valence-electron chi connectivity index (χ1n) is 6.25. The molecule has 2 aromatic heterocycles. The second-order valence-corrected chi connectivity index (χ2v) is 4.49. The second-order valence-electron chi connectivity index (χ2n) is 4.49. The second kappa shape index (κ2) is 5.16. The van der Waals surface area contributed by atoms with Crippen LogP contribution in [0.1, 0.15) is 24.4 Å². The highest BCUT2D eigenvalue weighted by Gasteiger charge is 2.09. The van der Waals surface area contributed by atoms with Gasteiger partial charge in [0.05, 0.1) is 17.1 Å². The summed E-state index contributed by atoms with van der Waals surface area (Å²) < 4.78 is 0. The topological polar surface area (TPSA) is 66.5 Å². The predicted molar refractivity (Wildman–Crippen MR) is 73.4 cm³/mol. The number of imidazole rings is 1. The van der Waals surface area contributed by atoms with Crippen molar-refractivity contribution in [1.82, 2.24) is 25.3 Å². The fraction of sp³-hybridized carbons (Fsp3) is 0.214. The minimum absolute atomic E-state index is 0.146. The average Bonchev–Trinajstić information content (AvgIpc) is 2.90. The van der Waals surface area contributed by atoms with E-state index >= 15 is 0 Å². The van der Waals surface area contributed by atoms with Crippen LogP contribution in [-0.4, -0.2) is 19.9 Å². The Morgan fingerprint density at radius 2 is 2.00 bits per heavy atom. The van der Waals surface area contributed by atoms with Gasteiger partial charge in [0.25, 0.3) is 0 Å². The SMILES string of the molecule is CC(NCc1cncnc1)c1nc2ccccc2[nH]1. The van der Waals surface area contributed by atoms with E-state index in [1.54, 1.807) is 0 Å². The highest BCUT2D eigenvalue weighted by molar-refractivity contribution is 5.74. The Hall–Kier alpha value is -2.27. The van der Waals surface area contributed by atoms with Crippen molar-refractivity contribution in [3.8, 4) is 0 Å². The van der Waals surface area contributed by atoms with Gasteiger partial charge in [-0.05, 0) is 19.1 Å². The Bertz CT molecular complexity index is 629. The molecule has 1 aromatic carbocycles. The molecule has 0 aliphatic heterocycles. The molecule has 0 spiro atoms.